The Hall–Kier alpha value is -1.91. The number of carbonyl (C=O) groups is 1. The quantitative estimate of drug-likeness (QED) is 0.782. The second-order valence-electron chi connectivity index (χ2n) is 4.08. The van der Waals surface area contributed by atoms with Crippen LogP contribution >= 0.6 is 0 Å². The van der Waals surface area contributed by atoms with Gasteiger partial charge in [-0.3, -0.25) is 0 Å². The second kappa shape index (κ2) is 6.50. The molecule has 0 aliphatic heterocycles. The molecule has 0 saturated heterocycles. The molecule has 0 aromatic heterocycles. The Morgan fingerprint density at radius 3 is 2.70 bits per heavy atom. The molecule has 5 nitrogen and oxygen atoms in total. The maximum Gasteiger partial charge on any atom is 0.338 e. The van der Waals surface area contributed by atoms with Crippen LogP contribution in [-0.4, -0.2) is 25.5 Å². The van der Waals surface area contributed by atoms with Gasteiger partial charge in [-0.1, -0.05) is 6.92 Å². The van der Waals surface area contributed by atoms with Crippen molar-refractivity contribution in [2.24, 2.45) is 0 Å². The number of sulfonamides is 1. The number of hydrogen-bond donors (Lipinski definition) is 2. The molecule has 0 radical (unpaired) electrons. The molecule has 0 aliphatic rings. The van der Waals surface area contributed by atoms with E-state index in [9.17, 15) is 17.6 Å². The molecule has 0 saturated carbocycles. The molecule has 0 fully saturated rings. The van der Waals surface area contributed by atoms with Crippen LogP contribution in [0.25, 0.3) is 0 Å². The first-order valence-electron chi connectivity index (χ1n) is 5.80. The average Bonchev–Trinajstić information content (AvgIpc) is 2.37. The van der Waals surface area contributed by atoms with Gasteiger partial charge in [-0.15, -0.1) is 12.3 Å². The average molecular weight is 299 g/mol. The lowest BCUT2D eigenvalue weighted by atomic mass is 10.2. The Morgan fingerprint density at radius 2 is 2.20 bits per heavy atom. The molecule has 0 amide bonds. The summed E-state index contributed by atoms with van der Waals surface area (Å²) in [6.07, 6.45) is 5.83. The van der Waals surface area contributed by atoms with E-state index in [2.05, 4.69) is 10.6 Å². The van der Waals surface area contributed by atoms with Crippen LogP contribution in [0.1, 0.15) is 30.1 Å². The number of terminal acetylenes is 1. The van der Waals surface area contributed by atoms with E-state index in [0.29, 0.717) is 6.42 Å². The number of nitrogens with one attached hydrogen (secondary N) is 1. The molecule has 1 rings (SSSR count). The molecule has 0 bridgehead atoms. The first kappa shape index (κ1) is 16.1. The van der Waals surface area contributed by atoms with Crippen LogP contribution in [0.5, 0.6) is 0 Å². The molecule has 0 aliphatic carbocycles. The Bertz CT molecular complexity index is 649. The first-order valence-corrected chi connectivity index (χ1v) is 7.28. The lowest BCUT2D eigenvalue weighted by molar-refractivity contribution is 0.0691. The van der Waals surface area contributed by atoms with Crippen LogP contribution in [0.2, 0.25) is 0 Å². The van der Waals surface area contributed by atoms with Crippen molar-refractivity contribution in [2.75, 3.05) is 0 Å². The molecule has 20 heavy (non-hydrogen) atoms. The molecule has 108 valence electrons. The summed E-state index contributed by atoms with van der Waals surface area (Å²) in [7, 11) is -3.94. The lowest BCUT2D eigenvalue weighted by Crippen LogP contribution is -2.34. The maximum atomic E-state index is 13.2. The number of carboxylic acid groups (broad SMARTS) is 1. The maximum absolute atomic E-state index is 13.2. The first-order chi connectivity index (χ1) is 9.31. The van der Waals surface area contributed by atoms with Gasteiger partial charge in [0.25, 0.3) is 0 Å². The van der Waals surface area contributed by atoms with Crippen molar-refractivity contribution < 1.29 is 22.7 Å². The van der Waals surface area contributed by atoms with Crippen molar-refractivity contribution in [3.05, 3.63) is 29.6 Å². The number of benzene rings is 1. The highest BCUT2D eigenvalue weighted by atomic mass is 32.2. The summed E-state index contributed by atoms with van der Waals surface area (Å²) < 4.78 is 39.7. The fourth-order valence-electron chi connectivity index (χ4n) is 1.53. The van der Waals surface area contributed by atoms with Crippen molar-refractivity contribution >= 4 is 16.0 Å². The SMILES string of the molecule is C#CCC(CC)NS(=O)(=O)c1ccc(F)c(C(=O)O)c1. The highest BCUT2D eigenvalue weighted by Gasteiger charge is 2.21. The summed E-state index contributed by atoms with van der Waals surface area (Å²) in [4.78, 5) is 10.5. The number of hydrogen-bond acceptors (Lipinski definition) is 3. The molecule has 0 spiro atoms. The predicted octanol–water partition coefficient (Wildman–Crippen LogP) is 1.60. The van der Waals surface area contributed by atoms with Gasteiger partial charge >= 0.3 is 5.97 Å². The minimum atomic E-state index is -3.94. The molecule has 1 unspecified atom stereocenters. The zero-order valence-corrected chi connectivity index (χ0v) is 11.6. The monoisotopic (exact) mass is 299 g/mol. The topological polar surface area (TPSA) is 83.5 Å². The summed E-state index contributed by atoms with van der Waals surface area (Å²) in [5, 5.41) is 8.79. The summed E-state index contributed by atoms with van der Waals surface area (Å²) in [6.45, 7) is 1.76. The zero-order chi connectivity index (χ0) is 15.3. The van der Waals surface area contributed by atoms with E-state index in [1.165, 1.54) is 0 Å². The minimum absolute atomic E-state index is 0.211. The molecule has 0 heterocycles. The zero-order valence-electron chi connectivity index (χ0n) is 10.8. The molecule has 1 aromatic rings. The van der Waals surface area contributed by atoms with Crippen LogP contribution in [0.3, 0.4) is 0 Å². The van der Waals surface area contributed by atoms with Crippen LogP contribution in [0.4, 0.5) is 4.39 Å². The summed E-state index contributed by atoms with van der Waals surface area (Å²) in [5.41, 5.74) is -0.696. The van der Waals surface area contributed by atoms with Gasteiger partial charge in [0, 0.05) is 12.5 Å². The smallest absolute Gasteiger partial charge is 0.338 e. The van der Waals surface area contributed by atoms with Gasteiger partial charge < -0.3 is 5.11 Å². The highest BCUT2D eigenvalue weighted by molar-refractivity contribution is 7.89. The third-order valence-corrected chi connectivity index (χ3v) is 4.18. The fraction of sp³-hybridized carbons (Fsp3) is 0.308. The summed E-state index contributed by atoms with van der Waals surface area (Å²) in [6, 6.07) is 2.14. The molecule has 7 heteroatoms. The van der Waals surface area contributed by atoms with E-state index in [1.807, 2.05) is 0 Å². The standard InChI is InChI=1S/C13H14FNO4S/c1-3-5-9(4-2)15-20(18,19)10-6-7-12(14)11(8-10)13(16)17/h1,6-9,15H,4-5H2,2H3,(H,16,17). The molecule has 2 N–H and O–H groups in total. The summed E-state index contributed by atoms with van der Waals surface area (Å²) >= 11 is 0. The Kier molecular flexibility index (Phi) is 5.25. The molecular weight excluding hydrogens is 285 g/mol. The van der Waals surface area contributed by atoms with E-state index in [1.54, 1.807) is 6.92 Å². The Labute approximate surface area is 116 Å². The second-order valence-corrected chi connectivity index (χ2v) is 5.80. The van der Waals surface area contributed by atoms with Gasteiger partial charge in [0.15, 0.2) is 0 Å². The molecule has 1 atom stereocenters. The van der Waals surface area contributed by atoms with Crippen molar-refractivity contribution in [1.82, 2.24) is 4.72 Å². The van der Waals surface area contributed by atoms with Gasteiger partial charge in [0.05, 0.1) is 10.5 Å². The number of carboxylic acids is 1. The van der Waals surface area contributed by atoms with E-state index in [4.69, 9.17) is 11.5 Å². The number of aromatic carboxylic acids is 1. The van der Waals surface area contributed by atoms with E-state index >= 15 is 0 Å². The van der Waals surface area contributed by atoms with Crippen LogP contribution in [0, 0.1) is 18.2 Å². The number of halogens is 1. The van der Waals surface area contributed by atoms with Gasteiger partial charge in [-0.25, -0.2) is 22.3 Å². The van der Waals surface area contributed by atoms with Crippen molar-refractivity contribution in [3.63, 3.8) is 0 Å². The van der Waals surface area contributed by atoms with Crippen molar-refractivity contribution in [1.29, 1.82) is 0 Å². The van der Waals surface area contributed by atoms with Gasteiger partial charge in [0.1, 0.15) is 5.82 Å². The number of rotatable bonds is 6. The van der Waals surface area contributed by atoms with E-state index in [-0.39, 0.29) is 11.3 Å². The van der Waals surface area contributed by atoms with E-state index in [0.717, 1.165) is 18.2 Å². The van der Waals surface area contributed by atoms with Crippen LogP contribution < -0.4 is 4.72 Å². The normalized spacial score (nSPS) is 12.7. The third-order valence-electron chi connectivity index (χ3n) is 2.66. The molecule has 1 aromatic carbocycles. The van der Waals surface area contributed by atoms with Gasteiger partial charge in [-0.05, 0) is 24.6 Å². The highest BCUT2D eigenvalue weighted by Crippen LogP contribution is 2.16. The van der Waals surface area contributed by atoms with Crippen LogP contribution in [-0.2, 0) is 10.0 Å². The Morgan fingerprint density at radius 1 is 1.55 bits per heavy atom. The summed E-state index contributed by atoms with van der Waals surface area (Å²) in [5.74, 6) is -0.175. The predicted molar refractivity (Wildman–Crippen MR) is 71.2 cm³/mol. The van der Waals surface area contributed by atoms with Crippen LogP contribution in [0.15, 0.2) is 23.1 Å². The van der Waals surface area contributed by atoms with Crippen molar-refractivity contribution in [2.45, 2.75) is 30.7 Å². The lowest BCUT2D eigenvalue weighted by Gasteiger charge is -2.14. The van der Waals surface area contributed by atoms with Gasteiger partial charge in [-0.2, -0.15) is 0 Å². The fourth-order valence-corrected chi connectivity index (χ4v) is 2.88. The van der Waals surface area contributed by atoms with E-state index < -0.39 is 33.4 Å². The molecular formula is C13H14FNO4S. The van der Waals surface area contributed by atoms with Crippen molar-refractivity contribution in [3.8, 4) is 12.3 Å². The Balaban J connectivity index is 3.13. The minimum Gasteiger partial charge on any atom is -0.478 e. The third kappa shape index (κ3) is 3.79. The largest absolute Gasteiger partial charge is 0.478 e. The van der Waals surface area contributed by atoms with Gasteiger partial charge in [0.2, 0.25) is 10.0 Å².